The number of nitrogens with one attached hydrogen (secondary N) is 2. The van der Waals surface area contributed by atoms with Crippen molar-refractivity contribution in [3.05, 3.63) is 59.8 Å². The zero-order valence-electron chi connectivity index (χ0n) is 20.2. The van der Waals surface area contributed by atoms with Gasteiger partial charge in [0, 0.05) is 45.5 Å². The molecule has 0 radical (unpaired) electrons. The Morgan fingerprint density at radius 3 is 2.58 bits per heavy atom. The predicted octanol–water partition coefficient (Wildman–Crippen LogP) is 3.36. The molecule has 0 bridgehead atoms. The van der Waals surface area contributed by atoms with Crippen LogP contribution in [0, 0.1) is 5.92 Å². The number of hydrogen-bond acceptors (Lipinski definition) is 5. The molecule has 2 aromatic rings. The average molecular weight is 567 g/mol. The lowest BCUT2D eigenvalue weighted by atomic mass is 10.2. The summed E-state index contributed by atoms with van der Waals surface area (Å²) in [4.78, 5) is 14.1. The van der Waals surface area contributed by atoms with Crippen LogP contribution in [0.2, 0.25) is 0 Å². The highest BCUT2D eigenvalue weighted by molar-refractivity contribution is 14.0. The molecule has 0 spiro atoms. The van der Waals surface area contributed by atoms with Crippen LogP contribution in [-0.2, 0) is 17.9 Å². The van der Waals surface area contributed by atoms with Gasteiger partial charge in [-0.15, -0.1) is 24.0 Å². The van der Waals surface area contributed by atoms with Crippen molar-refractivity contribution in [2.24, 2.45) is 10.9 Å². The normalized spacial score (nSPS) is 15.6. The van der Waals surface area contributed by atoms with Crippen molar-refractivity contribution in [3.63, 3.8) is 0 Å². The number of ether oxygens (including phenoxy) is 1. The summed E-state index contributed by atoms with van der Waals surface area (Å²) in [6.07, 6.45) is 1.89. The minimum absolute atomic E-state index is 0. The second-order valence-corrected chi connectivity index (χ2v) is 8.49. The van der Waals surface area contributed by atoms with Crippen molar-refractivity contribution in [1.29, 1.82) is 0 Å². The van der Waals surface area contributed by atoms with Crippen LogP contribution in [0.5, 0.6) is 0 Å². The largest absolute Gasteiger partial charge is 0.376 e. The van der Waals surface area contributed by atoms with Crippen LogP contribution in [0.4, 0.5) is 5.82 Å². The van der Waals surface area contributed by atoms with Gasteiger partial charge in [-0.05, 0) is 43.1 Å². The monoisotopic (exact) mass is 566 g/mol. The lowest BCUT2D eigenvalue weighted by Gasteiger charge is -2.33. The van der Waals surface area contributed by atoms with E-state index in [0.29, 0.717) is 25.7 Å². The van der Waals surface area contributed by atoms with E-state index in [0.717, 1.165) is 51.0 Å². The molecule has 1 saturated heterocycles. The second-order valence-electron chi connectivity index (χ2n) is 8.49. The number of likely N-dealkylation sites (N-methyl/N-ethyl adjacent to an activating group) is 1. The van der Waals surface area contributed by atoms with E-state index in [4.69, 9.17) is 9.73 Å². The van der Waals surface area contributed by atoms with Crippen molar-refractivity contribution >= 4 is 35.8 Å². The fourth-order valence-electron chi connectivity index (χ4n) is 3.56. The van der Waals surface area contributed by atoms with Gasteiger partial charge in [0.05, 0.1) is 19.8 Å². The van der Waals surface area contributed by atoms with Gasteiger partial charge in [-0.25, -0.2) is 9.98 Å². The molecule has 1 aliphatic heterocycles. The minimum atomic E-state index is 0. The van der Waals surface area contributed by atoms with Crippen molar-refractivity contribution in [3.8, 4) is 0 Å². The highest BCUT2D eigenvalue weighted by Crippen LogP contribution is 2.15. The molecular formula is C25H39IN6O. The maximum atomic E-state index is 5.87. The zero-order chi connectivity index (χ0) is 22.6. The fraction of sp³-hybridized carbons (Fsp3) is 0.520. The average Bonchev–Trinajstić information content (AvgIpc) is 2.82. The van der Waals surface area contributed by atoms with E-state index in [1.54, 1.807) is 0 Å². The lowest BCUT2D eigenvalue weighted by molar-refractivity contribution is 0.0931. The smallest absolute Gasteiger partial charge is 0.191 e. The number of piperazine rings is 1. The lowest BCUT2D eigenvalue weighted by Crippen LogP contribution is -2.44. The molecule has 0 amide bonds. The summed E-state index contributed by atoms with van der Waals surface area (Å²) < 4.78 is 5.87. The van der Waals surface area contributed by atoms with Crippen LogP contribution in [0.3, 0.4) is 0 Å². The summed E-state index contributed by atoms with van der Waals surface area (Å²) in [5.41, 5.74) is 2.38. The van der Waals surface area contributed by atoms with E-state index in [1.165, 1.54) is 11.1 Å². The summed E-state index contributed by atoms with van der Waals surface area (Å²) in [7, 11) is 2.17. The summed E-state index contributed by atoms with van der Waals surface area (Å²) in [5.74, 6) is 2.26. The maximum absolute atomic E-state index is 5.87. The summed E-state index contributed by atoms with van der Waals surface area (Å²) in [5, 5.41) is 6.79. The Labute approximate surface area is 216 Å². The molecule has 1 aliphatic rings. The van der Waals surface area contributed by atoms with Crippen LogP contribution in [0.25, 0.3) is 0 Å². The molecule has 3 rings (SSSR count). The van der Waals surface area contributed by atoms with E-state index in [9.17, 15) is 0 Å². The van der Waals surface area contributed by atoms with Gasteiger partial charge in [-0.2, -0.15) is 0 Å². The van der Waals surface area contributed by atoms with Gasteiger partial charge >= 0.3 is 0 Å². The molecule has 7 nitrogen and oxygen atoms in total. The fourth-order valence-corrected chi connectivity index (χ4v) is 3.56. The van der Waals surface area contributed by atoms with Crippen LogP contribution in [0.1, 0.15) is 25.0 Å². The number of anilines is 1. The quantitative estimate of drug-likeness (QED) is 0.261. The molecule has 1 unspecified atom stereocenters. The molecule has 1 atom stereocenters. The van der Waals surface area contributed by atoms with Crippen molar-refractivity contribution in [2.75, 3.05) is 57.8 Å². The van der Waals surface area contributed by atoms with Crippen LogP contribution in [0.15, 0.2) is 53.7 Å². The Balaban J connectivity index is 0.00000385. The van der Waals surface area contributed by atoms with Crippen LogP contribution < -0.4 is 15.5 Å². The zero-order valence-corrected chi connectivity index (χ0v) is 22.5. The van der Waals surface area contributed by atoms with Gasteiger partial charge in [0.25, 0.3) is 0 Å². The molecule has 1 fully saturated rings. The third kappa shape index (κ3) is 9.85. The number of aliphatic imine (C=N–C) groups is 1. The van der Waals surface area contributed by atoms with E-state index in [1.807, 2.05) is 30.5 Å². The maximum Gasteiger partial charge on any atom is 0.191 e. The first-order chi connectivity index (χ1) is 15.6. The van der Waals surface area contributed by atoms with E-state index in [-0.39, 0.29) is 24.0 Å². The Morgan fingerprint density at radius 2 is 1.85 bits per heavy atom. The number of aromatic nitrogens is 1. The summed E-state index contributed by atoms with van der Waals surface area (Å²) in [6, 6.07) is 14.5. The number of benzene rings is 1. The van der Waals surface area contributed by atoms with E-state index < -0.39 is 0 Å². The number of pyridine rings is 1. The second kappa shape index (κ2) is 15.1. The Hall–Kier alpha value is -1.91. The van der Waals surface area contributed by atoms with Gasteiger partial charge in [-0.3, -0.25) is 0 Å². The van der Waals surface area contributed by atoms with Crippen molar-refractivity contribution < 1.29 is 4.74 Å². The summed E-state index contributed by atoms with van der Waals surface area (Å²) in [6.45, 7) is 12.1. The molecule has 182 valence electrons. The molecule has 33 heavy (non-hydrogen) atoms. The Morgan fingerprint density at radius 1 is 1.09 bits per heavy atom. The third-order valence-corrected chi connectivity index (χ3v) is 5.53. The Kier molecular flexibility index (Phi) is 12.5. The first-order valence-electron chi connectivity index (χ1n) is 11.7. The van der Waals surface area contributed by atoms with Gasteiger partial charge in [-0.1, -0.05) is 37.3 Å². The predicted molar refractivity (Wildman–Crippen MR) is 147 cm³/mol. The SMILES string of the molecule is CCNC(=NCc1ccnc(N2CCN(C)CC2)c1)NCC(C)COCc1ccccc1.I. The molecule has 2 N–H and O–H groups in total. The molecular weight excluding hydrogens is 527 g/mol. The molecule has 2 heterocycles. The molecule has 0 aliphatic carbocycles. The first kappa shape index (κ1) is 27.3. The van der Waals surface area contributed by atoms with Gasteiger partial charge < -0.3 is 25.2 Å². The third-order valence-electron chi connectivity index (χ3n) is 5.53. The minimum Gasteiger partial charge on any atom is -0.376 e. The Bertz CT molecular complexity index is 827. The number of guanidine groups is 1. The topological polar surface area (TPSA) is 65.0 Å². The van der Waals surface area contributed by atoms with Crippen molar-refractivity contribution in [1.82, 2.24) is 20.5 Å². The highest BCUT2D eigenvalue weighted by atomic mass is 127. The molecule has 0 saturated carbocycles. The van der Waals surface area contributed by atoms with Crippen LogP contribution in [-0.4, -0.2) is 68.8 Å². The van der Waals surface area contributed by atoms with E-state index >= 15 is 0 Å². The highest BCUT2D eigenvalue weighted by Gasteiger charge is 2.15. The number of rotatable bonds is 10. The molecule has 8 heteroatoms. The standard InChI is InChI=1S/C25H38N6O.HI/c1-4-26-25(28-17-21(2)19-32-20-22-8-6-5-7-9-22)29-18-23-10-11-27-24(16-23)31-14-12-30(3)13-15-31;/h5-11,16,21H,4,12-15,17-20H2,1-3H3,(H2,26,28,29);1H. The van der Waals surface area contributed by atoms with Crippen LogP contribution >= 0.6 is 24.0 Å². The number of nitrogens with zero attached hydrogens (tertiary/aromatic N) is 4. The first-order valence-corrected chi connectivity index (χ1v) is 11.7. The molecule has 1 aromatic carbocycles. The summed E-state index contributed by atoms with van der Waals surface area (Å²) >= 11 is 0. The number of hydrogen-bond donors (Lipinski definition) is 2. The van der Waals surface area contributed by atoms with Gasteiger partial charge in [0.15, 0.2) is 5.96 Å². The van der Waals surface area contributed by atoms with Crippen molar-refractivity contribution in [2.45, 2.75) is 27.0 Å². The molecule has 1 aromatic heterocycles. The van der Waals surface area contributed by atoms with Gasteiger partial charge in [0.1, 0.15) is 5.82 Å². The number of halogens is 1. The van der Waals surface area contributed by atoms with E-state index in [2.05, 4.69) is 64.5 Å². The van der Waals surface area contributed by atoms with Gasteiger partial charge in [0.2, 0.25) is 0 Å².